The van der Waals surface area contributed by atoms with E-state index in [0.717, 1.165) is 28.0 Å². The lowest BCUT2D eigenvalue weighted by Crippen LogP contribution is -2.31. The lowest BCUT2D eigenvalue weighted by atomic mass is 10.1. The normalized spacial score (nSPS) is 12.5. The van der Waals surface area contributed by atoms with Gasteiger partial charge in [0.15, 0.2) is 0 Å². The van der Waals surface area contributed by atoms with Crippen LogP contribution in [0.25, 0.3) is 10.9 Å². The summed E-state index contributed by atoms with van der Waals surface area (Å²) in [6.45, 7) is 8.33. The van der Waals surface area contributed by atoms with Gasteiger partial charge in [0.2, 0.25) is 5.91 Å². The van der Waals surface area contributed by atoms with Crippen LogP contribution in [0.2, 0.25) is 0 Å². The molecular formula is C19H23FN4O. The van der Waals surface area contributed by atoms with Gasteiger partial charge in [-0.15, -0.1) is 0 Å². The van der Waals surface area contributed by atoms with Crippen LogP contribution in [0, 0.1) is 26.6 Å². The lowest BCUT2D eigenvalue weighted by Gasteiger charge is -2.15. The van der Waals surface area contributed by atoms with Crippen molar-refractivity contribution in [1.82, 2.24) is 20.1 Å². The molecule has 1 aromatic carbocycles. The number of hydrogen-bond acceptors (Lipinski definition) is 2. The van der Waals surface area contributed by atoms with Crippen molar-refractivity contribution in [2.45, 2.75) is 40.2 Å². The highest BCUT2D eigenvalue weighted by Crippen LogP contribution is 2.24. The van der Waals surface area contributed by atoms with Crippen molar-refractivity contribution in [2.24, 2.45) is 0 Å². The Bertz CT molecular complexity index is 925. The number of hydrogen-bond donors (Lipinski definition) is 2. The van der Waals surface area contributed by atoms with E-state index in [1.165, 1.54) is 6.07 Å². The van der Waals surface area contributed by atoms with Crippen LogP contribution in [-0.2, 0) is 11.2 Å². The van der Waals surface area contributed by atoms with E-state index < -0.39 is 0 Å². The largest absolute Gasteiger partial charge is 0.356 e. The van der Waals surface area contributed by atoms with Gasteiger partial charge in [0.1, 0.15) is 5.82 Å². The molecule has 0 saturated carbocycles. The quantitative estimate of drug-likeness (QED) is 0.747. The topological polar surface area (TPSA) is 62.7 Å². The summed E-state index contributed by atoms with van der Waals surface area (Å²) in [5, 5.41) is 8.17. The first-order valence-corrected chi connectivity index (χ1v) is 8.42. The average molecular weight is 342 g/mol. The van der Waals surface area contributed by atoms with Crippen LogP contribution in [-0.4, -0.2) is 27.2 Å². The zero-order valence-electron chi connectivity index (χ0n) is 15.0. The summed E-state index contributed by atoms with van der Waals surface area (Å²) in [6.07, 6.45) is 0.221. The summed E-state index contributed by atoms with van der Waals surface area (Å²) in [4.78, 5) is 15.4. The van der Waals surface area contributed by atoms with Gasteiger partial charge in [0, 0.05) is 23.3 Å². The Morgan fingerprint density at radius 1 is 1.36 bits per heavy atom. The SMILES string of the molecule is Cc1cc(C)n(C(C)CNC(=O)Cc2c(C)[nH]c3c(F)cccc23)n1. The number of carbonyl (C=O) groups is 1. The second-order valence-corrected chi connectivity index (χ2v) is 6.59. The number of halogens is 1. The molecule has 0 saturated heterocycles. The minimum absolute atomic E-state index is 0.0687. The zero-order chi connectivity index (χ0) is 18.1. The monoisotopic (exact) mass is 342 g/mol. The van der Waals surface area contributed by atoms with Crippen LogP contribution < -0.4 is 5.32 Å². The smallest absolute Gasteiger partial charge is 0.224 e. The van der Waals surface area contributed by atoms with Gasteiger partial charge in [-0.3, -0.25) is 9.48 Å². The first-order valence-electron chi connectivity index (χ1n) is 8.42. The number of para-hydroxylation sites is 1. The molecule has 0 radical (unpaired) electrons. The fraction of sp³-hybridized carbons (Fsp3) is 0.368. The van der Waals surface area contributed by atoms with E-state index in [1.807, 2.05) is 44.5 Å². The summed E-state index contributed by atoms with van der Waals surface area (Å²) in [6, 6.07) is 7.00. The predicted octanol–water partition coefficient (Wildman–Crippen LogP) is 3.35. The van der Waals surface area contributed by atoms with Gasteiger partial charge >= 0.3 is 0 Å². The number of aromatic amines is 1. The predicted molar refractivity (Wildman–Crippen MR) is 96.1 cm³/mol. The molecule has 5 nitrogen and oxygen atoms in total. The van der Waals surface area contributed by atoms with Crippen molar-refractivity contribution in [1.29, 1.82) is 0 Å². The zero-order valence-corrected chi connectivity index (χ0v) is 15.0. The van der Waals surface area contributed by atoms with Crippen molar-refractivity contribution in [3.05, 3.63) is 52.7 Å². The standard InChI is InChI=1S/C19H23FN4O/c1-11-8-12(2)24(23-11)13(3)10-21-18(25)9-16-14(4)22-19-15(16)6-5-7-17(19)20/h5-8,13,22H,9-10H2,1-4H3,(H,21,25). The maximum absolute atomic E-state index is 13.9. The van der Waals surface area contributed by atoms with Gasteiger partial charge in [-0.25, -0.2) is 4.39 Å². The van der Waals surface area contributed by atoms with E-state index in [2.05, 4.69) is 15.4 Å². The molecule has 0 bridgehead atoms. The number of amides is 1. The number of H-pyrrole nitrogens is 1. The third kappa shape index (κ3) is 3.43. The maximum Gasteiger partial charge on any atom is 0.224 e. The van der Waals surface area contributed by atoms with Crippen LogP contribution >= 0.6 is 0 Å². The number of benzene rings is 1. The molecule has 3 rings (SSSR count). The molecule has 0 fully saturated rings. The molecule has 0 aliphatic carbocycles. The fourth-order valence-electron chi connectivity index (χ4n) is 3.26. The molecule has 25 heavy (non-hydrogen) atoms. The third-order valence-corrected chi connectivity index (χ3v) is 4.50. The van der Waals surface area contributed by atoms with E-state index in [0.29, 0.717) is 12.1 Å². The molecule has 2 aromatic heterocycles. The van der Waals surface area contributed by atoms with Crippen LogP contribution in [0.5, 0.6) is 0 Å². The Labute approximate surface area is 146 Å². The van der Waals surface area contributed by atoms with Gasteiger partial charge in [-0.1, -0.05) is 12.1 Å². The summed E-state index contributed by atoms with van der Waals surface area (Å²) in [5.41, 5.74) is 4.15. The highest BCUT2D eigenvalue weighted by molar-refractivity contribution is 5.90. The van der Waals surface area contributed by atoms with E-state index in [-0.39, 0.29) is 24.2 Å². The number of aromatic nitrogens is 3. The van der Waals surface area contributed by atoms with Gasteiger partial charge in [0.05, 0.1) is 23.7 Å². The van der Waals surface area contributed by atoms with Gasteiger partial charge in [-0.05, 0) is 45.4 Å². The maximum atomic E-state index is 13.9. The van der Waals surface area contributed by atoms with Gasteiger partial charge in [0.25, 0.3) is 0 Å². The molecule has 0 aliphatic heterocycles. The summed E-state index contributed by atoms with van der Waals surface area (Å²) in [5.74, 6) is -0.382. The highest BCUT2D eigenvalue weighted by atomic mass is 19.1. The molecule has 2 N–H and O–H groups in total. The van der Waals surface area contributed by atoms with Gasteiger partial charge < -0.3 is 10.3 Å². The molecule has 0 spiro atoms. The van der Waals surface area contributed by atoms with Crippen molar-refractivity contribution < 1.29 is 9.18 Å². The second kappa shape index (κ2) is 6.70. The number of carbonyl (C=O) groups excluding carboxylic acids is 1. The number of rotatable bonds is 5. The minimum Gasteiger partial charge on any atom is -0.356 e. The van der Waals surface area contributed by atoms with E-state index in [4.69, 9.17) is 0 Å². The minimum atomic E-state index is -0.301. The lowest BCUT2D eigenvalue weighted by molar-refractivity contribution is -0.120. The first kappa shape index (κ1) is 17.2. The van der Waals surface area contributed by atoms with Crippen molar-refractivity contribution in [3.63, 3.8) is 0 Å². The molecular weight excluding hydrogens is 319 g/mol. The highest BCUT2D eigenvalue weighted by Gasteiger charge is 2.16. The Balaban J connectivity index is 1.68. The first-order chi connectivity index (χ1) is 11.9. The molecule has 1 unspecified atom stereocenters. The molecule has 0 aliphatic rings. The summed E-state index contributed by atoms with van der Waals surface area (Å²) >= 11 is 0. The second-order valence-electron chi connectivity index (χ2n) is 6.59. The van der Waals surface area contributed by atoms with Crippen molar-refractivity contribution in [2.75, 3.05) is 6.54 Å². The van der Waals surface area contributed by atoms with Crippen molar-refractivity contribution in [3.8, 4) is 0 Å². The molecule has 132 valence electrons. The number of nitrogens with one attached hydrogen (secondary N) is 2. The molecule has 3 aromatic rings. The molecule has 1 atom stereocenters. The molecule has 2 heterocycles. The van der Waals surface area contributed by atoms with E-state index in [9.17, 15) is 9.18 Å². The van der Waals surface area contributed by atoms with Crippen LogP contribution in [0.1, 0.15) is 35.6 Å². The molecule has 6 heteroatoms. The average Bonchev–Trinajstić information content (AvgIpc) is 3.06. The van der Waals surface area contributed by atoms with Gasteiger partial charge in [-0.2, -0.15) is 5.10 Å². The summed E-state index contributed by atoms with van der Waals surface area (Å²) < 4.78 is 15.8. The Morgan fingerprint density at radius 3 is 2.80 bits per heavy atom. The third-order valence-electron chi connectivity index (χ3n) is 4.50. The van der Waals surface area contributed by atoms with Crippen molar-refractivity contribution >= 4 is 16.8 Å². The summed E-state index contributed by atoms with van der Waals surface area (Å²) in [7, 11) is 0. The van der Waals surface area contributed by atoms with E-state index >= 15 is 0 Å². The van der Waals surface area contributed by atoms with Crippen LogP contribution in [0.3, 0.4) is 0 Å². The van der Waals surface area contributed by atoms with Crippen LogP contribution in [0.15, 0.2) is 24.3 Å². The Hall–Kier alpha value is -2.63. The fourth-order valence-corrected chi connectivity index (χ4v) is 3.26. The molecule has 1 amide bonds. The Morgan fingerprint density at radius 2 is 2.12 bits per heavy atom. The van der Waals surface area contributed by atoms with Crippen LogP contribution in [0.4, 0.5) is 4.39 Å². The van der Waals surface area contributed by atoms with E-state index in [1.54, 1.807) is 6.07 Å². The number of aryl methyl sites for hydroxylation is 3. The number of fused-ring (bicyclic) bond motifs is 1. The Kier molecular flexibility index (Phi) is 4.61. The number of nitrogens with zero attached hydrogens (tertiary/aromatic N) is 2.